The fraction of sp³-hybridized carbons (Fsp3) is 0.333. The van der Waals surface area contributed by atoms with Crippen LogP contribution in [-0.4, -0.2) is 26.8 Å². The number of hydrogen-bond acceptors (Lipinski definition) is 5. The van der Waals surface area contributed by atoms with Crippen LogP contribution in [-0.2, 0) is 23.8 Å². The molecule has 0 bridgehead atoms. The maximum Gasteiger partial charge on any atom is 0.0868 e. The molecular weight excluding hydrogens is 392 g/mol. The van der Waals surface area contributed by atoms with Gasteiger partial charge in [-0.05, 0) is 68.6 Å². The van der Waals surface area contributed by atoms with Gasteiger partial charge in [0.25, 0.3) is 0 Å². The predicted molar refractivity (Wildman–Crippen MR) is 122 cm³/mol. The second-order valence-electron chi connectivity index (χ2n) is 7.52. The van der Waals surface area contributed by atoms with Gasteiger partial charge in [-0.2, -0.15) is 0 Å². The number of hydrogen-bond donors (Lipinski definition) is 2. The van der Waals surface area contributed by atoms with E-state index in [-0.39, 0.29) is 6.04 Å². The van der Waals surface area contributed by atoms with Crippen molar-refractivity contribution in [3.05, 3.63) is 83.4 Å². The van der Waals surface area contributed by atoms with E-state index in [1.54, 1.807) is 6.20 Å². The molecule has 0 saturated heterocycles. The van der Waals surface area contributed by atoms with Crippen molar-refractivity contribution in [1.82, 2.24) is 15.3 Å². The molecule has 0 aliphatic carbocycles. The fourth-order valence-corrected chi connectivity index (χ4v) is 4.67. The highest BCUT2D eigenvalue weighted by molar-refractivity contribution is 7.85. The fourth-order valence-electron chi connectivity index (χ4n) is 3.46. The molecule has 2 aromatic heterocycles. The highest BCUT2D eigenvalue weighted by Crippen LogP contribution is 2.20. The summed E-state index contributed by atoms with van der Waals surface area (Å²) >= 11 is 0. The third-order valence-corrected chi connectivity index (χ3v) is 6.56. The maximum atomic E-state index is 13.1. The average molecular weight is 423 g/mol. The molecule has 2 unspecified atom stereocenters. The van der Waals surface area contributed by atoms with Crippen LogP contribution in [0, 0.1) is 13.8 Å². The van der Waals surface area contributed by atoms with E-state index in [4.69, 9.17) is 5.73 Å². The van der Waals surface area contributed by atoms with E-state index in [0.717, 1.165) is 39.6 Å². The molecule has 3 rings (SSSR count). The van der Waals surface area contributed by atoms with Crippen molar-refractivity contribution in [1.29, 1.82) is 0 Å². The van der Waals surface area contributed by atoms with Crippen molar-refractivity contribution in [2.75, 3.05) is 6.54 Å². The first-order chi connectivity index (χ1) is 14.6. The van der Waals surface area contributed by atoms with Crippen LogP contribution in [0.5, 0.6) is 0 Å². The van der Waals surface area contributed by atoms with Crippen molar-refractivity contribution in [2.24, 2.45) is 5.73 Å². The topological polar surface area (TPSA) is 80.9 Å². The average Bonchev–Trinajstić information content (AvgIpc) is 2.77. The molecule has 0 spiro atoms. The summed E-state index contributed by atoms with van der Waals surface area (Å²) in [6.07, 6.45) is 6.21. The summed E-state index contributed by atoms with van der Waals surface area (Å²) in [5, 5.41) is 3.63. The van der Waals surface area contributed by atoms with Crippen molar-refractivity contribution in [3.8, 4) is 0 Å². The van der Waals surface area contributed by atoms with Gasteiger partial charge in [-0.3, -0.25) is 9.97 Å². The zero-order valence-electron chi connectivity index (χ0n) is 17.7. The van der Waals surface area contributed by atoms with E-state index in [1.165, 1.54) is 5.56 Å². The zero-order valence-corrected chi connectivity index (χ0v) is 18.5. The Kier molecular flexibility index (Phi) is 8.25. The molecule has 0 amide bonds. The lowest BCUT2D eigenvalue weighted by atomic mass is 10.0. The molecule has 5 nitrogen and oxygen atoms in total. The number of benzene rings is 1. The molecule has 2 heterocycles. The minimum Gasteiger partial charge on any atom is -0.330 e. The normalized spacial score (nSPS) is 13.2. The predicted octanol–water partition coefficient (Wildman–Crippen LogP) is 3.70. The maximum absolute atomic E-state index is 13.1. The Labute approximate surface area is 181 Å². The quantitative estimate of drug-likeness (QED) is 0.521. The molecule has 0 saturated carbocycles. The molecule has 158 valence electrons. The number of rotatable bonds is 10. The van der Waals surface area contributed by atoms with Crippen LogP contribution in [0.2, 0.25) is 0 Å². The first-order valence-corrected chi connectivity index (χ1v) is 11.5. The van der Waals surface area contributed by atoms with Gasteiger partial charge >= 0.3 is 0 Å². The molecular formula is C24H30N4OS. The second-order valence-corrected chi connectivity index (χ2v) is 8.97. The molecule has 2 atom stereocenters. The third kappa shape index (κ3) is 6.05. The molecule has 0 radical (unpaired) electrons. The van der Waals surface area contributed by atoms with Gasteiger partial charge in [0.15, 0.2) is 0 Å². The summed E-state index contributed by atoms with van der Waals surface area (Å²) in [6.45, 7) is 5.47. The van der Waals surface area contributed by atoms with Crippen LogP contribution in [0.25, 0.3) is 0 Å². The van der Waals surface area contributed by atoms with Crippen LogP contribution in [0.3, 0.4) is 0 Å². The van der Waals surface area contributed by atoms with Crippen molar-refractivity contribution in [2.45, 2.75) is 55.5 Å². The van der Waals surface area contributed by atoms with E-state index >= 15 is 0 Å². The number of nitrogens with zero attached hydrogens (tertiary/aromatic N) is 2. The Bertz CT molecular complexity index is 978. The Balaban J connectivity index is 1.77. The summed E-state index contributed by atoms with van der Waals surface area (Å²) in [7, 11) is -1.25. The van der Waals surface area contributed by atoms with E-state index in [2.05, 4.69) is 35.2 Å². The minimum absolute atomic E-state index is 0.178. The zero-order chi connectivity index (χ0) is 21.3. The molecule has 0 aliphatic rings. The number of aromatic nitrogens is 2. The van der Waals surface area contributed by atoms with Crippen molar-refractivity contribution >= 4 is 10.8 Å². The second kappa shape index (κ2) is 11.1. The van der Waals surface area contributed by atoms with E-state index < -0.39 is 10.8 Å². The molecule has 0 aliphatic heterocycles. The van der Waals surface area contributed by atoms with E-state index in [1.807, 2.05) is 48.7 Å². The lowest BCUT2D eigenvalue weighted by molar-refractivity contribution is 0.456. The van der Waals surface area contributed by atoms with Gasteiger partial charge < -0.3 is 11.1 Å². The number of aryl methyl sites for hydroxylation is 2. The van der Waals surface area contributed by atoms with Gasteiger partial charge in [-0.25, -0.2) is 4.21 Å². The molecule has 1 aromatic carbocycles. The van der Waals surface area contributed by atoms with Gasteiger partial charge in [0, 0.05) is 36.3 Å². The molecule has 3 N–H and O–H groups in total. The summed E-state index contributed by atoms with van der Waals surface area (Å²) in [6, 6.07) is 15.6. The summed E-state index contributed by atoms with van der Waals surface area (Å²) in [5.74, 6) is 0. The number of nitrogens with two attached hydrogens (primary N) is 1. The van der Waals surface area contributed by atoms with Crippen molar-refractivity contribution < 1.29 is 4.21 Å². The highest BCUT2D eigenvalue weighted by Gasteiger charge is 2.17. The SMILES string of the molecule is Cc1cnc(CNC(CCCN)Cc2ncccc2S(=O)c2ccccc2)c(C)c1. The van der Waals surface area contributed by atoms with Gasteiger partial charge in [0.1, 0.15) is 0 Å². The smallest absolute Gasteiger partial charge is 0.0868 e. The minimum atomic E-state index is -1.25. The molecule has 30 heavy (non-hydrogen) atoms. The number of nitrogens with one attached hydrogen (secondary N) is 1. The Hall–Kier alpha value is -2.41. The third-order valence-electron chi connectivity index (χ3n) is 5.08. The van der Waals surface area contributed by atoms with Crippen LogP contribution in [0.1, 0.15) is 35.4 Å². The van der Waals surface area contributed by atoms with Gasteiger partial charge in [0.05, 0.1) is 27.1 Å². The van der Waals surface area contributed by atoms with E-state index in [9.17, 15) is 4.21 Å². The van der Waals surface area contributed by atoms with E-state index in [0.29, 0.717) is 19.5 Å². The first kappa shape index (κ1) is 22.3. The Morgan fingerprint density at radius 3 is 2.60 bits per heavy atom. The summed E-state index contributed by atoms with van der Waals surface area (Å²) in [5.41, 5.74) is 10.0. The standard InChI is InChI=1S/C24H30N4OS/c1-18-14-19(2)23(28-16-18)17-27-20(8-6-12-25)15-22-24(11-7-13-26-22)30(29)21-9-4-3-5-10-21/h3-5,7,9-11,13-14,16,20,27H,6,8,12,15,17,25H2,1-2H3. The lowest BCUT2D eigenvalue weighted by Crippen LogP contribution is -2.32. The monoisotopic (exact) mass is 422 g/mol. The molecule has 0 fully saturated rings. The van der Waals surface area contributed by atoms with Crippen LogP contribution in [0.15, 0.2) is 70.7 Å². The summed E-state index contributed by atoms with van der Waals surface area (Å²) < 4.78 is 13.1. The highest BCUT2D eigenvalue weighted by atomic mass is 32.2. The summed E-state index contributed by atoms with van der Waals surface area (Å²) in [4.78, 5) is 10.7. The number of pyridine rings is 2. The Morgan fingerprint density at radius 1 is 1.07 bits per heavy atom. The first-order valence-electron chi connectivity index (χ1n) is 10.3. The van der Waals surface area contributed by atoms with Gasteiger partial charge in [-0.1, -0.05) is 24.3 Å². The largest absolute Gasteiger partial charge is 0.330 e. The van der Waals surface area contributed by atoms with Crippen LogP contribution < -0.4 is 11.1 Å². The molecule has 6 heteroatoms. The van der Waals surface area contributed by atoms with Gasteiger partial charge in [0.2, 0.25) is 0 Å². The van der Waals surface area contributed by atoms with Crippen LogP contribution in [0.4, 0.5) is 0 Å². The lowest BCUT2D eigenvalue weighted by Gasteiger charge is -2.20. The van der Waals surface area contributed by atoms with Gasteiger partial charge in [-0.15, -0.1) is 0 Å². The van der Waals surface area contributed by atoms with Crippen molar-refractivity contribution in [3.63, 3.8) is 0 Å². The Morgan fingerprint density at radius 2 is 1.87 bits per heavy atom. The van der Waals surface area contributed by atoms with Crippen LogP contribution >= 0.6 is 0 Å². The molecule has 3 aromatic rings.